The summed E-state index contributed by atoms with van der Waals surface area (Å²) in [7, 11) is 0. The third-order valence-corrected chi connectivity index (χ3v) is 3.07. The Labute approximate surface area is 86.7 Å². The minimum Gasteiger partial charge on any atom is -0.317 e. The van der Waals surface area contributed by atoms with Gasteiger partial charge in [0.2, 0.25) is 0 Å². The monoisotopic (exact) mass is 279 g/mol. The molecule has 2 heterocycles. The van der Waals surface area contributed by atoms with Crippen molar-refractivity contribution in [3.05, 3.63) is 9.78 Å². The Morgan fingerprint density at radius 1 is 1.42 bits per heavy atom. The Hall–Kier alpha value is 0.190. The van der Waals surface area contributed by atoms with Gasteiger partial charge in [0, 0.05) is 22.4 Å². The van der Waals surface area contributed by atoms with Crippen molar-refractivity contribution in [1.82, 2.24) is 15.8 Å². The topological polar surface area (TPSA) is 27.3 Å². The summed E-state index contributed by atoms with van der Waals surface area (Å²) in [6.07, 6.45) is 4.75. The van der Waals surface area contributed by atoms with Crippen LogP contribution in [0.15, 0.2) is 9.78 Å². The molecule has 0 aromatic carbocycles. The molecule has 1 fully saturated rings. The molecule has 0 unspecified atom stereocenters. The third kappa shape index (κ3) is 1.92. The third-order valence-electron chi connectivity index (χ3n) is 2.41. The van der Waals surface area contributed by atoms with Gasteiger partial charge in [-0.05, 0) is 48.5 Å². The number of hydrazine groups is 1. The zero-order chi connectivity index (χ0) is 8.39. The first-order valence-corrected chi connectivity index (χ1v) is 5.53. The molecule has 0 aliphatic carbocycles. The molecule has 0 amide bonds. The summed E-state index contributed by atoms with van der Waals surface area (Å²) in [5, 5.41) is 5.65. The highest BCUT2D eigenvalue weighted by atomic mass is 127. The summed E-state index contributed by atoms with van der Waals surface area (Å²) in [4.78, 5) is 0. The molecule has 12 heavy (non-hydrogen) atoms. The van der Waals surface area contributed by atoms with Crippen LogP contribution in [0.3, 0.4) is 0 Å². The lowest BCUT2D eigenvalue weighted by molar-refractivity contribution is 0.182. The first-order chi connectivity index (χ1) is 5.86. The summed E-state index contributed by atoms with van der Waals surface area (Å²) < 4.78 is 1.41. The largest absolute Gasteiger partial charge is 0.317 e. The van der Waals surface area contributed by atoms with Crippen LogP contribution in [0.2, 0.25) is 0 Å². The van der Waals surface area contributed by atoms with Crippen molar-refractivity contribution < 1.29 is 0 Å². The molecule has 4 heteroatoms. The summed E-state index contributed by atoms with van der Waals surface area (Å²) in [5.74, 6) is 0. The second kappa shape index (κ2) is 3.93. The molecule has 2 rings (SSSR count). The number of hydrogen-bond acceptors (Lipinski definition) is 3. The highest BCUT2D eigenvalue weighted by Crippen LogP contribution is 2.18. The van der Waals surface area contributed by atoms with Gasteiger partial charge in [-0.2, -0.15) is 0 Å². The van der Waals surface area contributed by atoms with E-state index in [1.807, 2.05) is 0 Å². The fourth-order valence-electron chi connectivity index (χ4n) is 1.73. The van der Waals surface area contributed by atoms with E-state index in [2.05, 4.69) is 44.5 Å². The molecule has 68 valence electrons. The summed E-state index contributed by atoms with van der Waals surface area (Å²) >= 11 is 2.38. The van der Waals surface area contributed by atoms with Crippen molar-refractivity contribution in [1.29, 1.82) is 0 Å². The molecule has 0 aromatic rings. The van der Waals surface area contributed by atoms with Crippen LogP contribution in [0.4, 0.5) is 0 Å². The number of piperidine rings is 1. The van der Waals surface area contributed by atoms with E-state index in [9.17, 15) is 0 Å². The summed E-state index contributed by atoms with van der Waals surface area (Å²) in [5.41, 5.74) is 3.38. The van der Waals surface area contributed by atoms with Crippen LogP contribution in [-0.2, 0) is 0 Å². The van der Waals surface area contributed by atoms with E-state index in [-0.39, 0.29) is 0 Å². The van der Waals surface area contributed by atoms with Gasteiger partial charge in [-0.1, -0.05) is 0 Å². The van der Waals surface area contributed by atoms with Crippen molar-refractivity contribution in [2.24, 2.45) is 0 Å². The van der Waals surface area contributed by atoms with Gasteiger partial charge in [0.1, 0.15) is 0 Å². The fourth-order valence-corrected chi connectivity index (χ4v) is 2.20. The molecule has 0 atom stereocenters. The van der Waals surface area contributed by atoms with Gasteiger partial charge >= 0.3 is 0 Å². The van der Waals surface area contributed by atoms with Crippen molar-refractivity contribution in [2.45, 2.75) is 18.9 Å². The number of hydrogen-bond donors (Lipinski definition) is 2. The molecule has 2 aliphatic rings. The Morgan fingerprint density at radius 3 is 2.75 bits per heavy atom. The average molecular weight is 279 g/mol. The number of halogens is 1. The van der Waals surface area contributed by atoms with Crippen LogP contribution < -0.4 is 10.7 Å². The van der Waals surface area contributed by atoms with Gasteiger partial charge in [0.15, 0.2) is 0 Å². The molecule has 2 N–H and O–H groups in total. The predicted octanol–water partition coefficient (Wildman–Crippen LogP) is 0.835. The van der Waals surface area contributed by atoms with E-state index in [0.29, 0.717) is 6.04 Å². The average Bonchev–Trinajstić information content (AvgIpc) is 2.54. The highest BCUT2D eigenvalue weighted by Gasteiger charge is 2.21. The molecule has 0 spiro atoms. The van der Waals surface area contributed by atoms with Crippen molar-refractivity contribution in [3.63, 3.8) is 0 Å². The van der Waals surface area contributed by atoms with E-state index >= 15 is 0 Å². The highest BCUT2D eigenvalue weighted by molar-refractivity contribution is 14.1. The summed E-state index contributed by atoms with van der Waals surface area (Å²) in [6, 6.07) is 0.707. The molecule has 2 aliphatic heterocycles. The van der Waals surface area contributed by atoms with Crippen molar-refractivity contribution in [2.75, 3.05) is 19.6 Å². The minimum absolute atomic E-state index is 0.707. The standard InChI is InChI=1S/C8H14IN3/c9-7-5-11-12(6-7)8-1-3-10-4-2-8/h6,8,10-11H,1-5H2. The maximum Gasteiger partial charge on any atom is 0.0473 e. The van der Waals surface area contributed by atoms with Crippen molar-refractivity contribution in [3.8, 4) is 0 Å². The second-order valence-electron chi connectivity index (χ2n) is 3.30. The zero-order valence-corrected chi connectivity index (χ0v) is 9.17. The molecule has 0 aromatic heterocycles. The number of nitrogens with one attached hydrogen (secondary N) is 2. The van der Waals surface area contributed by atoms with Crippen LogP contribution in [0, 0.1) is 0 Å². The normalized spacial score (nSPS) is 26.1. The first kappa shape index (κ1) is 8.77. The lowest BCUT2D eigenvalue weighted by Crippen LogP contribution is -2.44. The Balaban J connectivity index is 1.91. The molecule has 1 saturated heterocycles. The van der Waals surface area contributed by atoms with E-state index in [4.69, 9.17) is 0 Å². The van der Waals surface area contributed by atoms with Crippen molar-refractivity contribution >= 4 is 22.6 Å². The van der Waals surface area contributed by atoms with Crippen LogP contribution in [-0.4, -0.2) is 30.7 Å². The molecule has 0 bridgehead atoms. The van der Waals surface area contributed by atoms with Gasteiger partial charge in [0.25, 0.3) is 0 Å². The smallest absolute Gasteiger partial charge is 0.0473 e. The molecule has 0 saturated carbocycles. The van der Waals surface area contributed by atoms with Gasteiger partial charge < -0.3 is 10.3 Å². The zero-order valence-electron chi connectivity index (χ0n) is 7.02. The van der Waals surface area contributed by atoms with Crippen LogP contribution >= 0.6 is 22.6 Å². The fraction of sp³-hybridized carbons (Fsp3) is 0.750. The van der Waals surface area contributed by atoms with Crippen LogP contribution in [0.25, 0.3) is 0 Å². The Bertz CT molecular complexity index is 187. The summed E-state index contributed by atoms with van der Waals surface area (Å²) in [6.45, 7) is 3.34. The van der Waals surface area contributed by atoms with Gasteiger partial charge in [-0.3, -0.25) is 0 Å². The minimum atomic E-state index is 0.707. The maximum absolute atomic E-state index is 3.38. The lowest BCUT2D eigenvalue weighted by atomic mass is 10.1. The van der Waals surface area contributed by atoms with Gasteiger partial charge in [-0.25, -0.2) is 5.43 Å². The predicted molar refractivity (Wildman–Crippen MR) is 57.8 cm³/mol. The SMILES string of the molecule is IC1=CN(C2CCNCC2)NC1. The number of nitrogens with zero attached hydrogens (tertiary/aromatic N) is 1. The van der Waals surface area contributed by atoms with Crippen LogP contribution in [0.1, 0.15) is 12.8 Å². The van der Waals surface area contributed by atoms with E-state index < -0.39 is 0 Å². The van der Waals surface area contributed by atoms with Gasteiger partial charge in [0.05, 0.1) is 0 Å². The van der Waals surface area contributed by atoms with E-state index in [0.717, 1.165) is 19.6 Å². The molecular formula is C8H14IN3. The van der Waals surface area contributed by atoms with Crippen LogP contribution in [0.5, 0.6) is 0 Å². The molecule has 0 radical (unpaired) electrons. The Morgan fingerprint density at radius 2 is 2.17 bits per heavy atom. The lowest BCUT2D eigenvalue weighted by Gasteiger charge is -2.31. The van der Waals surface area contributed by atoms with Gasteiger partial charge in [-0.15, -0.1) is 0 Å². The number of rotatable bonds is 1. The molecular weight excluding hydrogens is 265 g/mol. The first-order valence-electron chi connectivity index (χ1n) is 4.45. The Kier molecular flexibility index (Phi) is 2.87. The van der Waals surface area contributed by atoms with E-state index in [1.54, 1.807) is 0 Å². The quantitative estimate of drug-likeness (QED) is 0.696. The second-order valence-corrected chi connectivity index (χ2v) is 4.68. The van der Waals surface area contributed by atoms with E-state index in [1.165, 1.54) is 16.4 Å². The maximum atomic E-state index is 3.38. The molecule has 3 nitrogen and oxygen atoms in total.